The van der Waals surface area contributed by atoms with Crippen molar-refractivity contribution < 1.29 is 14.2 Å². The van der Waals surface area contributed by atoms with Crippen molar-refractivity contribution in [3.8, 4) is 0 Å². The number of hydrogen-bond donors (Lipinski definition) is 0. The molecular weight excluding hydrogens is 408 g/mol. The van der Waals surface area contributed by atoms with Gasteiger partial charge in [-0.1, -0.05) is 128 Å². The average molecular weight is 463 g/mol. The van der Waals surface area contributed by atoms with E-state index in [0.29, 0.717) is 0 Å². The monoisotopic (exact) mass is 462 g/mol. The Kier molecular flexibility index (Phi) is 17.0. The smallest absolute Gasteiger partial charge is 0.111 e. The molecule has 0 N–H and O–H groups in total. The van der Waals surface area contributed by atoms with Crippen molar-refractivity contribution in [3.63, 3.8) is 0 Å². The normalized spacial score (nSPS) is 21.8. The molecule has 2 aliphatic heterocycles. The summed E-state index contributed by atoms with van der Waals surface area (Å²) in [6.45, 7) is 6.22. The van der Waals surface area contributed by atoms with Gasteiger partial charge in [0.25, 0.3) is 0 Å². The molecule has 0 bridgehead atoms. The summed E-state index contributed by atoms with van der Waals surface area (Å²) >= 11 is 0. The minimum atomic E-state index is 0.0704. The maximum absolute atomic E-state index is 6.44. The zero-order chi connectivity index (χ0) is 23.4. The van der Waals surface area contributed by atoms with Gasteiger partial charge in [0.15, 0.2) is 0 Å². The Bertz CT molecular complexity index is 449. The van der Waals surface area contributed by atoms with Gasteiger partial charge in [-0.25, -0.2) is 0 Å². The Morgan fingerprint density at radius 1 is 0.576 bits per heavy atom. The summed E-state index contributed by atoms with van der Waals surface area (Å²) in [4.78, 5) is 0. The molecule has 2 aliphatic rings. The number of allylic oxidation sites excluding steroid dienone is 2. The molecule has 33 heavy (non-hydrogen) atoms. The van der Waals surface area contributed by atoms with Crippen LogP contribution in [-0.2, 0) is 14.2 Å². The third-order valence-electron chi connectivity index (χ3n) is 6.87. The van der Waals surface area contributed by atoms with E-state index >= 15 is 0 Å². The maximum atomic E-state index is 6.44. The highest BCUT2D eigenvalue weighted by molar-refractivity contribution is 5.03. The number of rotatable bonds is 24. The second kappa shape index (κ2) is 19.6. The average Bonchev–Trinajstić information content (AvgIpc) is 3.72. The molecule has 0 aromatic carbocycles. The summed E-state index contributed by atoms with van der Waals surface area (Å²) in [5.41, 5.74) is 0. The van der Waals surface area contributed by atoms with Crippen molar-refractivity contribution in [1.29, 1.82) is 0 Å². The van der Waals surface area contributed by atoms with E-state index in [4.69, 9.17) is 14.2 Å². The van der Waals surface area contributed by atoms with Gasteiger partial charge in [0.2, 0.25) is 0 Å². The van der Waals surface area contributed by atoms with E-state index < -0.39 is 0 Å². The van der Waals surface area contributed by atoms with Gasteiger partial charge in [0, 0.05) is 0 Å². The second-order valence-corrected chi connectivity index (χ2v) is 10.2. The van der Waals surface area contributed by atoms with Crippen molar-refractivity contribution >= 4 is 0 Å². The molecule has 0 spiro atoms. The lowest BCUT2D eigenvalue weighted by Gasteiger charge is -2.18. The summed E-state index contributed by atoms with van der Waals surface area (Å²) < 4.78 is 17.6. The fraction of sp³-hybridized carbons (Fsp3) is 0.867. The summed E-state index contributed by atoms with van der Waals surface area (Å²) in [5.74, 6) is 0. The van der Waals surface area contributed by atoms with Crippen LogP contribution in [0.4, 0.5) is 0 Å². The molecular formula is C30H54O3. The van der Waals surface area contributed by atoms with E-state index in [1.165, 1.54) is 103 Å². The molecule has 0 radical (unpaired) electrons. The quantitative estimate of drug-likeness (QED) is 0.0817. The first-order valence-electron chi connectivity index (χ1n) is 14.6. The molecule has 2 saturated heterocycles. The highest BCUT2D eigenvalue weighted by atomic mass is 16.6. The fourth-order valence-corrected chi connectivity index (χ4v) is 4.44. The third kappa shape index (κ3) is 15.8. The molecule has 3 nitrogen and oxygen atoms in total. The minimum absolute atomic E-state index is 0.0704. The highest BCUT2D eigenvalue weighted by Crippen LogP contribution is 2.26. The van der Waals surface area contributed by atoms with Gasteiger partial charge in [0.05, 0.1) is 13.2 Å². The Morgan fingerprint density at radius 3 is 1.24 bits per heavy atom. The van der Waals surface area contributed by atoms with Gasteiger partial charge in [-0.2, -0.15) is 0 Å². The molecule has 0 aliphatic carbocycles. The fourth-order valence-electron chi connectivity index (χ4n) is 4.44. The van der Waals surface area contributed by atoms with E-state index in [1.54, 1.807) is 0 Å². The lowest BCUT2D eigenvalue weighted by atomic mass is 10.1. The van der Waals surface area contributed by atoms with E-state index in [-0.39, 0.29) is 24.4 Å². The Labute approximate surface area is 205 Å². The molecule has 0 aromatic heterocycles. The number of epoxide rings is 2. The maximum Gasteiger partial charge on any atom is 0.111 e. The minimum Gasteiger partial charge on any atom is -0.370 e. The molecule has 4 atom stereocenters. The van der Waals surface area contributed by atoms with Crippen molar-refractivity contribution in [2.75, 3.05) is 13.2 Å². The zero-order valence-electron chi connectivity index (χ0n) is 22.0. The molecule has 0 aromatic rings. The standard InChI is InChI=1S/C30H54O3/c1-3-5-7-9-11-13-15-17-19-21-23-27(29-25-31-29)33-28(30-26-32-30)24-22-20-18-16-14-12-10-8-6-4-2/h21-24,27-30H,3-20,25-26H2,1-2H3. The predicted octanol–water partition coefficient (Wildman–Crippen LogP) is 8.71. The molecule has 192 valence electrons. The van der Waals surface area contributed by atoms with E-state index in [9.17, 15) is 0 Å². The topological polar surface area (TPSA) is 34.3 Å². The van der Waals surface area contributed by atoms with Crippen molar-refractivity contribution in [3.05, 3.63) is 24.3 Å². The molecule has 2 heterocycles. The SMILES string of the molecule is CCCCCCCCCCC=CC(OC(C=CCCCCCCCCCC)C1CO1)C1CO1. The van der Waals surface area contributed by atoms with Gasteiger partial charge in [-0.15, -0.1) is 0 Å². The van der Waals surface area contributed by atoms with Gasteiger partial charge in [-0.3, -0.25) is 0 Å². The summed E-state index contributed by atoms with van der Waals surface area (Å²) in [6.07, 6.45) is 34.0. The molecule has 0 amide bonds. The summed E-state index contributed by atoms with van der Waals surface area (Å²) in [7, 11) is 0. The predicted molar refractivity (Wildman–Crippen MR) is 141 cm³/mol. The van der Waals surface area contributed by atoms with E-state index in [0.717, 1.165) is 26.1 Å². The van der Waals surface area contributed by atoms with Crippen LogP contribution in [0, 0.1) is 0 Å². The van der Waals surface area contributed by atoms with Gasteiger partial charge in [-0.05, 0) is 25.7 Å². The van der Waals surface area contributed by atoms with Gasteiger partial charge >= 0.3 is 0 Å². The van der Waals surface area contributed by atoms with Crippen molar-refractivity contribution in [2.45, 2.75) is 154 Å². The summed E-state index contributed by atoms with van der Waals surface area (Å²) in [6, 6.07) is 0. The molecule has 2 fully saturated rings. The van der Waals surface area contributed by atoms with Gasteiger partial charge < -0.3 is 14.2 Å². The van der Waals surface area contributed by atoms with Gasteiger partial charge in [0.1, 0.15) is 24.4 Å². The highest BCUT2D eigenvalue weighted by Gasteiger charge is 2.38. The number of hydrogen-bond acceptors (Lipinski definition) is 3. The van der Waals surface area contributed by atoms with E-state index in [2.05, 4.69) is 38.2 Å². The van der Waals surface area contributed by atoms with Crippen LogP contribution in [-0.4, -0.2) is 37.6 Å². The summed E-state index contributed by atoms with van der Waals surface area (Å²) in [5, 5.41) is 0. The van der Waals surface area contributed by atoms with Crippen LogP contribution in [0.5, 0.6) is 0 Å². The molecule has 4 unspecified atom stereocenters. The largest absolute Gasteiger partial charge is 0.370 e. The van der Waals surface area contributed by atoms with Crippen LogP contribution in [0.1, 0.15) is 129 Å². The van der Waals surface area contributed by atoms with E-state index in [1.807, 2.05) is 0 Å². The van der Waals surface area contributed by atoms with Crippen LogP contribution in [0.15, 0.2) is 24.3 Å². The first kappa shape index (κ1) is 28.6. The van der Waals surface area contributed by atoms with Crippen molar-refractivity contribution in [1.82, 2.24) is 0 Å². The lowest BCUT2D eigenvalue weighted by molar-refractivity contribution is 0.0113. The second-order valence-electron chi connectivity index (χ2n) is 10.2. The van der Waals surface area contributed by atoms with Crippen LogP contribution in [0.3, 0.4) is 0 Å². The lowest BCUT2D eigenvalue weighted by Crippen LogP contribution is -2.27. The van der Waals surface area contributed by atoms with Crippen LogP contribution in [0.2, 0.25) is 0 Å². The molecule has 0 saturated carbocycles. The number of unbranched alkanes of at least 4 members (excludes halogenated alkanes) is 16. The molecule has 3 heteroatoms. The van der Waals surface area contributed by atoms with Crippen LogP contribution < -0.4 is 0 Å². The first-order valence-corrected chi connectivity index (χ1v) is 14.6. The third-order valence-corrected chi connectivity index (χ3v) is 6.87. The Morgan fingerprint density at radius 2 is 0.909 bits per heavy atom. The van der Waals surface area contributed by atoms with Crippen LogP contribution in [0.25, 0.3) is 0 Å². The Balaban J connectivity index is 1.56. The van der Waals surface area contributed by atoms with Crippen molar-refractivity contribution in [2.24, 2.45) is 0 Å². The molecule has 2 rings (SSSR count). The zero-order valence-corrected chi connectivity index (χ0v) is 22.0. The number of ether oxygens (including phenoxy) is 3. The van der Waals surface area contributed by atoms with Crippen LogP contribution >= 0.6 is 0 Å². The first-order chi connectivity index (χ1) is 16.3. The Hall–Kier alpha value is -0.640.